The summed E-state index contributed by atoms with van der Waals surface area (Å²) in [5.41, 5.74) is 2.47. The molecule has 0 aromatic heterocycles. The topological polar surface area (TPSA) is 81.4 Å². The van der Waals surface area contributed by atoms with Gasteiger partial charge in [-0.05, 0) is 25.7 Å². The van der Waals surface area contributed by atoms with Gasteiger partial charge in [0.2, 0.25) is 0 Å². The van der Waals surface area contributed by atoms with E-state index in [0.717, 1.165) is 12.8 Å². The first kappa shape index (κ1) is 17.8. The van der Waals surface area contributed by atoms with Gasteiger partial charge < -0.3 is 4.74 Å². The molecule has 0 saturated carbocycles. The first-order valence-electron chi connectivity index (χ1n) is 6.63. The SMILES string of the molecule is CCC(CC)(OC)C(CCCS(=O)(=O)CC)NN. The Kier molecular flexibility index (Phi) is 8.02. The van der Waals surface area contributed by atoms with E-state index in [1.54, 1.807) is 14.0 Å². The van der Waals surface area contributed by atoms with Gasteiger partial charge in [-0.2, -0.15) is 0 Å². The zero-order valence-electron chi connectivity index (χ0n) is 12.0. The molecule has 18 heavy (non-hydrogen) atoms. The maximum Gasteiger partial charge on any atom is 0.150 e. The molecule has 0 aliphatic rings. The van der Waals surface area contributed by atoms with Crippen LogP contribution < -0.4 is 11.3 Å². The van der Waals surface area contributed by atoms with Crippen molar-refractivity contribution >= 4 is 9.84 Å². The number of methoxy groups -OCH3 is 1. The van der Waals surface area contributed by atoms with Gasteiger partial charge in [0.15, 0.2) is 0 Å². The van der Waals surface area contributed by atoms with Crippen LogP contribution in [-0.2, 0) is 14.6 Å². The first-order valence-corrected chi connectivity index (χ1v) is 8.45. The summed E-state index contributed by atoms with van der Waals surface area (Å²) >= 11 is 0. The quantitative estimate of drug-likeness (QED) is 0.465. The summed E-state index contributed by atoms with van der Waals surface area (Å²) in [5, 5.41) is 0. The molecule has 1 atom stereocenters. The molecule has 6 heteroatoms. The Morgan fingerprint density at radius 2 is 1.83 bits per heavy atom. The van der Waals surface area contributed by atoms with Crippen LogP contribution in [-0.4, -0.2) is 38.7 Å². The van der Waals surface area contributed by atoms with Crippen LogP contribution in [0.2, 0.25) is 0 Å². The molecule has 3 N–H and O–H groups in total. The third-order valence-electron chi connectivity index (χ3n) is 3.83. The molecule has 0 saturated heterocycles. The van der Waals surface area contributed by atoms with Crippen LogP contribution in [0.1, 0.15) is 46.5 Å². The van der Waals surface area contributed by atoms with E-state index in [2.05, 4.69) is 19.3 Å². The van der Waals surface area contributed by atoms with Crippen molar-refractivity contribution in [3.63, 3.8) is 0 Å². The largest absolute Gasteiger partial charge is 0.377 e. The minimum absolute atomic E-state index is 0.0236. The summed E-state index contributed by atoms with van der Waals surface area (Å²) in [7, 11) is -1.22. The Hall–Kier alpha value is -0.170. The molecule has 0 heterocycles. The number of hydrogen-bond acceptors (Lipinski definition) is 5. The lowest BCUT2D eigenvalue weighted by Gasteiger charge is -2.38. The number of sulfone groups is 1. The molecule has 0 radical (unpaired) electrons. The van der Waals surface area contributed by atoms with Gasteiger partial charge in [-0.25, -0.2) is 8.42 Å². The number of hydrazine groups is 1. The van der Waals surface area contributed by atoms with E-state index in [1.165, 1.54) is 0 Å². The lowest BCUT2D eigenvalue weighted by Crippen LogP contribution is -2.54. The average molecular weight is 280 g/mol. The molecule has 0 aromatic carbocycles. The highest BCUT2D eigenvalue weighted by Crippen LogP contribution is 2.26. The molecule has 0 fully saturated rings. The van der Waals surface area contributed by atoms with Gasteiger partial charge >= 0.3 is 0 Å². The van der Waals surface area contributed by atoms with Crippen molar-refractivity contribution in [1.29, 1.82) is 0 Å². The number of nitrogens with one attached hydrogen (secondary N) is 1. The van der Waals surface area contributed by atoms with Crippen LogP contribution in [0.25, 0.3) is 0 Å². The van der Waals surface area contributed by atoms with Crippen molar-refractivity contribution < 1.29 is 13.2 Å². The molecule has 0 bridgehead atoms. The Morgan fingerprint density at radius 3 is 2.17 bits per heavy atom. The molecule has 0 amide bonds. The van der Waals surface area contributed by atoms with Gasteiger partial charge in [0.25, 0.3) is 0 Å². The van der Waals surface area contributed by atoms with E-state index < -0.39 is 9.84 Å². The van der Waals surface area contributed by atoms with Crippen LogP contribution in [0.5, 0.6) is 0 Å². The minimum atomic E-state index is -2.90. The van der Waals surface area contributed by atoms with Crippen molar-refractivity contribution in [2.24, 2.45) is 5.84 Å². The normalized spacial score (nSPS) is 14.7. The highest BCUT2D eigenvalue weighted by Gasteiger charge is 2.34. The molecule has 0 aliphatic heterocycles. The predicted molar refractivity (Wildman–Crippen MR) is 75.0 cm³/mol. The number of nitrogens with two attached hydrogens (primary N) is 1. The maximum absolute atomic E-state index is 11.4. The Balaban J connectivity index is 4.52. The molecule has 1 unspecified atom stereocenters. The molecule has 0 aliphatic carbocycles. The minimum Gasteiger partial charge on any atom is -0.377 e. The Morgan fingerprint density at radius 1 is 1.28 bits per heavy atom. The summed E-state index contributed by atoms with van der Waals surface area (Å²) in [6.07, 6.45) is 2.99. The summed E-state index contributed by atoms with van der Waals surface area (Å²) < 4.78 is 28.5. The standard InChI is InChI=1S/C12H28N2O3S/c1-5-12(6-2,17-4)11(14-13)9-8-10-18(15,16)7-3/h11,14H,5-10,13H2,1-4H3. The molecule has 5 nitrogen and oxygen atoms in total. The van der Waals surface area contributed by atoms with Crippen LogP contribution in [0, 0.1) is 0 Å². The maximum atomic E-state index is 11.4. The van der Waals surface area contributed by atoms with Gasteiger partial charge in [-0.3, -0.25) is 11.3 Å². The lowest BCUT2D eigenvalue weighted by atomic mass is 9.86. The summed E-state index contributed by atoms with van der Waals surface area (Å²) in [6, 6.07) is -0.0236. The highest BCUT2D eigenvalue weighted by molar-refractivity contribution is 7.91. The van der Waals surface area contributed by atoms with Gasteiger partial charge in [0.1, 0.15) is 9.84 Å². The van der Waals surface area contributed by atoms with Gasteiger partial charge in [0.05, 0.1) is 17.4 Å². The van der Waals surface area contributed by atoms with E-state index in [9.17, 15) is 8.42 Å². The third kappa shape index (κ3) is 4.84. The molecule has 110 valence electrons. The predicted octanol–water partition coefficient (Wildman–Crippen LogP) is 1.24. The molecule has 0 spiro atoms. The van der Waals surface area contributed by atoms with Gasteiger partial charge in [-0.15, -0.1) is 0 Å². The van der Waals surface area contributed by atoms with Crippen molar-refractivity contribution in [3.05, 3.63) is 0 Å². The van der Waals surface area contributed by atoms with Crippen molar-refractivity contribution in [3.8, 4) is 0 Å². The van der Waals surface area contributed by atoms with Gasteiger partial charge in [-0.1, -0.05) is 20.8 Å². The van der Waals surface area contributed by atoms with E-state index in [-0.39, 0.29) is 23.1 Å². The number of ether oxygens (including phenoxy) is 1. The van der Waals surface area contributed by atoms with Crippen LogP contribution in [0.3, 0.4) is 0 Å². The fourth-order valence-electron chi connectivity index (χ4n) is 2.32. The summed E-state index contributed by atoms with van der Waals surface area (Å²) in [5.74, 6) is 6.00. The van der Waals surface area contributed by atoms with E-state index in [0.29, 0.717) is 12.8 Å². The van der Waals surface area contributed by atoms with Gasteiger partial charge in [0, 0.05) is 12.9 Å². The second-order valence-corrected chi connectivity index (χ2v) is 7.05. The number of hydrogen-bond donors (Lipinski definition) is 2. The molecule has 0 rings (SSSR count). The summed E-state index contributed by atoms with van der Waals surface area (Å²) in [6.45, 7) is 5.78. The lowest BCUT2D eigenvalue weighted by molar-refractivity contribution is -0.0495. The van der Waals surface area contributed by atoms with E-state index in [4.69, 9.17) is 10.6 Å². The van der Waals surface area contributed by atoms with Crippen LogP contribution in [0.15, 0.2) is 0 Å². The van der Waals surface area contributed by atoms with Crippen LogP contribution in [0.4, 0.5) is 0 Å². The zero-order chi connectivity index (χ0) is 14.2. The van der Waals surface area contributed by atoms with Crippen molar-refractivity contribution in [1.82, 2.24) is 5.43 Å². The second-order valence-electron chi connectivity index (χ2n) is 4.57. The zero-order valence-corrected chi connectivity index (χ0v) is 12.8. The molecular weight excluding hydrogens is 252 g/mol. The van der Waals surface area contributed by atoms with Crippen molar-refractivity contribution in [2.45, 2.75) is 58.1 Å². The Labute approximate surface area is 111 Å². The van der Waals surface area contributed by atoms with Crippen molar-refractivity contribution in [2.75, 3.05) is 18.6 Å². The fourth-order valence-corrected chi connectivity index (χ4v) is 3.22. The number of rotatable bonds is 10. The average Bonchev–Trinajstić information content (AvgIpc) is 2.39. The Bertz CT molecular complexity index is 305. The van der Waals surface area contributed by atoms with Crippen LogP contribution >= 0.6 is 0 Å². The summed E-state index contributed by atoms with van der Waals surface area (Å²) in [4.78, 5) is 0. The van der Waals surface area contributed by atoms with E-state index >= 15 is 0 Å². The molecular formula is C12H28N2O3S. The first-order chi connectivity index (χ1) is 8.41. The molecule has 0 aromatic rings. The van der Waals surface area contributed by atoms with E-state index in [1.807, 2.05) is 0 Å². The smallest absolute Gasteiger partial charge is 0.150 e. The third-order valence-corrected chi connectivity index (χ3v) is 5.62. The monoisotopic (exact) mass is 280 g/mol. The fraction of sp³-hybridized carbons (Fsp3) is 1.00. The highest BCUT2D eigenvalue weighted by atomic mass is 32.2. The second kappa shape index (κ2) is 8.09.